The van der Waals surface area contributed by atoms with E-state index in [0.29, 0.717) is 30.0 Å². The second-order valence-corrected chi connectivity index (χ2v) is 9.66. The molecule has 39 heavy (non-hydrogen) atoms. The van der Waals surface area contributed by atoms with Crippen LogP contribution in [0.5, 0.6) is 17.2 Å². The lowest BCUT2D eigenvalue weighted by Crippen LogP contribution is -2.42. The van der Waals surface area contributed by atoms with Crippen LogP contribution in [-0.2, 0) is 11.3 Å². The Morgan fingerprint density at radius 2 is 1.82 bits per heavy atom. The third kappa shape index (κ3) is 6.35. The molecule has 9 nitrogen and oxygen atoms in total. The number of phenolic OH excluding ortho intramolecular Hbond substituents is 1. The molecule has 0 amide bonds. The molecule has 3 aromatic rings. The molecule has 0 unspecified atom stereocenters. The molecule has 210 valence electrons. The third-order valence-corrected chi connectivity index (χ3v) is 7.26. The van der Waals surface area contributed by atoms with E-state index in [4.69, 9.17) is 14.2 Å². The maximum absolute atomic E-state index is 13.2. The van der Waals surface area contributed by atoms with Gasteiger partial charge in [0.1, 0.15) is 23.9 Å². The fourth-order valence-corrected chi connectivity index (χ4v) is 5.13. The number of aromatic hydroxyl groups is 1. The Morgan fingerprint density at radius 1 is 1.03 bits per heavy atom. The van der Waals surface area contributed by atoms with Gasteiger partial charge < -0.3 is 29.6 Å². The van der Waals surface area contributed by atoms with E-state index in [0.717, 1.165) is 81.2 Å². The van der Waals surface area contributed by atoms with Crippen LogP contribution in [0.1, 0.15) is 21.5 Å². The van der Waals surface area contributed by atoms with Gasteiger partial charge in [0, 0.05) is 75.0 Å². The van der Waals surface area contributed by atoms with Gasteiger partial charge in [0.2, 0.25) is 5.78 Å². The van der Waals surface area contributed by atoms with Crippen LogP contribution in [0.15, 0.2) is 42.3 Å². The fraction of sp³-hybridized carbons (Fsp3) is 0.393. The average molecular weight is 578 g/mol. The summed E-state index contributed by atoms with van der Waals surface area (Å²) in [6.07, 6.45) is 3.64. The number of ether oxygens (including phenoxy) is 3. The number of benzene rings is 2. The molecule has 3 aliphatic rings. The van der Waals surface area contributed by atoms with E-state index >= 15 is 0 Å². The Morgan fingerprint density at radius 3 is 2.62 bits per heavy atom. The van der Waals surface area contributed by atoms with Crippen LogP contribution < -0.4 is 14.8 Å². The number of nitrogens with zero attached hydrogens (tertiary/aromatic N) is 2. The zero-order chi connectivity index (χ0) is 25.2. The lowest BCUT2D eigenvalue weighted by molar-refractivity contribution is 0.0322. The number of nitrogens with one attached hydrogen (secondary N) is 2. The number of hydrogen-bond acceptors (Lipinski definition) is 8. The maximum atomic E-state index is 13.2. The van der Waals surface area contributed by atoms with Crippen LogP contribution >= 0.6 is 24.8 Å². The van der Waals surface area contributed by atoms with Crippen LogP contribution in [-0.4, -0.2) is 91.3 Å². The molecule has 11 heteroatoms. The lowest BCUT2D eigenvalue weighted by Gasteiger charge is -2.27. The van der Waals surface area contributed by atoms with Crippen LogP contribution in [0.2, 0.25) is 0 Å². The highest BCUT2D eigenvalue weighted by Crippen LogP contribution is 2.40. The lowest BCUT2D eigenvalue weighted by atomic mass is 10.0. The number of morpholine rings is 1. The van der Waals surface area contributed by atoms with Crippen molar-refractivity contribution in [2.75, 3.05) is 65.6 Å². The predicted octanol–water partition coefficient (Wildman–Crippen LogP) is 3.45. The molecule has 0 aliphatic carbocycles. The van der Waals surface area contributed by atoms with Gasteiger partial charge in [-0.3, -0.25) is 14.6 Å². The highest BCUT2D eigenvalue weighted by Gasteiger charge is 2.32. The Kier molecular flexibility index (Phi) is 9.76. The molecule has 0 bridgehead atoms. The highest BCUT2D eigenvalue weighted by atomic mass is 35.5. The standard InChI is InChI=1S/C28H32N4O5.2ClH/c33-25-4-2-21-27(34)26(37-28(21)23(25)18-32-7-5-29-6-8-32)15-19-17-30-24-3-1-20(16-22(19)24)36-14-11-31-9-12-35-13-10-31;;/h1-4,15-17,29-30,33H,5-14,18H2;2*1H/b26-15-;;. The summed E-state index contributed by atoms with van der Waals surface area (Å²) in [5, 5.41) is 14.9. The van der Waals surface area contributed by atoms with Crippen molar-refractivity contribution in [3.05, 3.63) is 59.0 Å². The number of hydrogen-bond donors (Lipinski definition) is 3. The highest BCUT2D eigenvalue weighted by molar-refractivity contribution is 6.15. The molecular formula is C28H34Cl2N4O5. The number of halogens is 2. The van der Waals surface area contributed by atoms with Crippen molar-refractivity contribution in [1.82, 2.24) is 20.1 Å². The minimum atomic E-state index is -0.177. The van der Waals surface area contributed by atoms with Crippen molar-refractivity contribution < 1.29 is 24.1 Å². The van der Waals surface area contributed by atoms with E-state index in [-0.39, 0.29) is 42.1 Å². The predicted molar refractivity (Wildman–Crippen MR) is 155 cm³/mol. The number of fused-ring (bicyclic) bond motifs is 2. The van der Waals surface area contributed by atoms with Gasteiger partial charge >= 0.3 is 0 Å². The molecule has 4 heterocycles. The third-order valence-electron chi connectivity index (χ3n) is 7.26. The summed E-state index contributed by atoms with van der Waals surface area (Å²) >= 11 is 0. The van der Waals surface area contributed by atoms with Crippen molar-refractivity contribution in [3.63, 3.8) is 0 Å². The van der Waals surface area contributed by atoms with Crippen molar-refractivity contribution in [1.29, 1.82) is 0 Å². The van der Waals surface area contributed by atoms with Gasteiger partial charge in [0.05, 0.1) is 24.3 Å². The molecule has 0 spiro atoms. The Labute approximate surface area is 239 Å². The molecular weight excluding hydrogens is 543 g/mol. The molecule has 6 rings (SSSR count). The first-order chi connectivity index (χ1) is 18.2. The first kappa shape index (κ1) is 29.2. The van der Waals surface area contributed by atoms with E-state index < -0.39 is 0 Å². The monoisotopic (exact) mass is 576 g/mol. The van der Waals surface area contributed by atoms with Gasteiger partial charge in [0.15, 0.2) is 5.76 Å². The Bertz CT molecular complexity index is 1330. The molecule has 2 saturated heterocycles. The summed E-state index contributed by atoms with van der Waals surface area (Å²) in [4.78, 5) is 21.1. The second-order valence-electron chi connectivity index (χ2n) is 9.66. The summed E-state index contributed by atoms with van der Waals surface area (Å²) in [5.41, 5.74) is 2.94. The molecule has 1 aromatic heterocycles. The maximum Gasteiger partial charge on any atom is 0.231 e. The average Bonchev–Trinajstić information content (AvgIpc) is 3.47. The van der Waals surface area contributed by atoms with Crippen LogP contribution in [0.3, 0.4) is 0 Å². The van der Waals surface area contributed by atoms with Gasteiger partial charge in [-0.05, 0) is 36.4 Å². The number of allylic oxidation sites excluding steroid dienone is 1. The van der Waals surface area contributed by atoms with Crippen molar-refractivity contribution in [2.24, 2.45) is 0 Å². The number of piperazine rings is 1. The normalized spacial score (nSPS) is 18.9. The number of aromatic amines is 1. The molecule has 2 aromatic carbocycles. The van der Waals surface area contributed by atoms with Gasteiger partial charge in [-0.15, -0.1) is 24.8 Å². The fourth-order valence-electron chi connectivity index (χ4n) is 5.13. The quantitative estimate of drug-likeness (QED) is 0.368. The van der Waals surface area contributed by atoms with Crippen molar-refractivity contribution >= 4 is 47.6 Å². The zero-order valence-electron chi connectivity index (χ0n) is 21.6. The summed E-state index contributed by atoms with van der Waals surface area (Å²) < 4.78 is 17.5. The first-order valence-electron chi connectivity index (χ1n) is 12.9. The smallest absolute Gasteiger partial charge is 0.231 e. The van der Waals surface area contributed by atoms with E-state index in [9.17, 15) is 9.90 Å². The number of carbonyl (C=O) groups is 1. The second kappa shape index (κ2) is 13.0. The number of Topliss-reactive ketones (excluding diaryl/α,β-unsaturated/α-hetero) is 1. The summed E-state index contributed by atoms with van der Waals surface area (Å²) in [6, 6.07) is 9.16. The molecule has 0 radical (unpaired) electrons. The van der Waals surface area contributed by atoms with Crippen molar-refractivity contribution in [3.8, 4) is 17.2 Å². The van der Waals surface area contributed by atoms with E-state index in [1.807, 2.05) is 24.4 Å². The van der Waals surface area contributed by atoms with Gasteiger partial charge in [-0.25, -0.2) is 0 Å². The van der Waals surface area contributed by atoms with Crippen LogP contribution in [0.25, 0.3) is 17.0 Å². The topological polar surface area (TPSA) is 99.3 Å². The SMILES string of the molecule is Cl.Cl.O=C1/C(=C/c2c[nH]c3ccc(OCCN4CCOCC4)cc23)Oc2c1ccc(O)c2CN1CCNCC1. The number of rotatable bonds is 7. The molecule has 2 fully saturated rings. The Balaban J connectivity index is 0.00000176. The zero-order valence-corrected chi connectivity index (χ0v) is 23.2. The van der Waals surface area contributed by atoms with Crippen LogP contribution in [0, 0.1) is 0 Å². The Hall–Kier alpha value is -2.79. The summed E-state index contributed by atoms with van der Waals surface area (Å²) in [5.74, 6) is 1.47. The molecule has 0 saturated carbocycles. The van der Waals surface area contributed by atoms with Gasteiger partial charge in [0.25, 0.3) is 0 Å². The molecule has 3 N–H and O–H groups in total. The first-order valence-corrected chi connectivity index (χ1v) is 12.9. The van der Waals surface area contributed by atoms with E-state index in [2.05, 4.69) is 20.1 Å². The largest absolute Gasteiger partial charge is 0.507 e. The number of aromatic nitrogens is 1. The van der Waals surface area contributed by atoms with Gasteiger partial charge in [-0.1, -0.05) is 0 Å². The van der Waals surface area contributed by atoms with Crippen molar-refractivity contribution in [2.45, 2.75) is 6.54 Å². The van der Waals surface area contributed by atoms with E-state index in [1.54, 1.807) is 18.2 Å². The van der Waals surface area contributed by atoms with Crippen LogP contribution in [0.4, 0.5) is 0 Å². The number of H-pyrrole nitrogens is 1. The minimum absolute atomic E-state index is 0. The molecule has 0 atom stereocenters. The van der Waals surface area contributed by atoms with Gasteiger partial charge in [-0.2, -0.15) is 0 Å². The summed E-state index contributed by atoms with van der Waals surface area (Å²) in [6.45, 7) is 8.97. The number of ketones is 1. The molecule has 3 aliphatic heterocycles. The van der Waals surface area contributed by atoms with E-state index in [1.165, 1.54) is 0 Å². The number of carbonyl (C=O) groups excluding carboxylic acids is 1. The minimum Gasteiger partial charge on any atom is -0.507 e. The summed E-state index contributed by atoms with van der Waals surface area (Å²) in [7, 11) is 0. The number of phenols is 1.